The van der Waals surface area contributed by atoms with Crippen LogP contribution in [-0.4, -0.2) is 4.40 Å². The minimum absolute atomic E-state index is 0.465. The van der Waals surface area contributed by atoms with Crippen molar-refractivity contribution in [2.45, 2.75) is 18.8 Å². The quantitative estimate of drug-likeness (QED) is 0.208. The van der Waals surface area contributed by atoms with Crippen LogP contribution < -0.4 is 0 Å². The summed E-state index contributed by atoms with van der Waals surface area (Å²) in [6.07, 6.45) is 2.28. The zero-order chi connectivity index (χ0) is 25.9. The molecule has 1 atom stereocenters. The van der Waals surface area contributed by atoms with Crippen molar-refractivity contribution in [2.75, 3.05) is 0 Å². The lowest BCUT2D eigenvalue weighted by molar-refractivity contribution is 0.740. The summed E-state index contributed by atoms with van der Waals surface area (Å²) in [5, 5.41) is 5.32. The Morgan fingerprint density at radius 3 is 1.82 bits per heavy atom. The summed E-state index contributed by atoms with van der Waals surface area (Å²) in [7, 11) is 0. The highest BCUT2D eigenvalue weighted by molar-refractivity contribution is 6.24. The molecular formula is C39H25N. The molecule has 1 nitrogen and oxygen atoms in total. The number of benzene rings is 6. The molecule has 0 amide bonds. The van der Waals surface area contributed by atoms with E-state index in [1.165, 1.54) is 94.6 Å². The van der Waals surface area contributed by atoms with E-state index in [9.17, 15) is 0 Å². The van der Waals surface area contributed by atoms with E-state index in [2.05, 4.69) is 126 Å². The van der Waals surface area contributed by atoms with Crippen LogP contribution in [0.4, 0.5) is 0 Å². The third kappa shape index (κ3) is 2.53. The van der Waals surface area contributed by atoms with Gasteiger partial charge in [-0.15, -0.1) is 0 Å². The van der Waals surface area contributed by atoms with Crippen molar-refractivity contribution in [1.29, 1.82) is 0 Å². The van der Waals surface area contributed by atoms with E-state index in [1.807, 2.05) is 0 Å². The highest BCUT2D eigenvalue weighted by Gasteiger charge is 2.34. The minimum Gasteiger partial charge on any atom is -0.308 e. The van der Waals surface area contributed by atoms with Crippen LogP contribution in [0.25, 0.3) is 71.5 Å². The van der Waals surface area contributed by atoms with E-state index in [0.29, 0.717) is 5.92 Å². The molecular weight excluding hydrogens is 482 g/mol. The Hall–Kier alpha value is -4.88. The number of nitrogens with zero attached hydrogens (tertiary/aromatic N) is 1. The van der Waals surface area contributed by atoms with Gasteiger partial charge in [-0.1, -0.05) is 84.9 Å². The second kappa shape index (κ2) is 7.40. The van der Waals surface area contributed by atoms with Crippen molar-refractivity contribution in [3.63, 3.8) is 0 Å². The number of para-hydroxylation sites is 2. The van der Waals surface area contributed by atoms with Gasteiger partial charge in [0.15, 0.2) is 0 Å². The molecule has 2 aliphatic rings. The summed E-state index contributed by atoms with van der Waals surface area (Å²) >= 11 is 0. The van der Waals surface area contributed by atoms with E-state index >= 15 is 0 Å². The van der Waals surface area contributed by atoms with Gasteiger partial charge in [-0.25, -0.2) is 0 Å². The van der Waals surface area contributed by atoms with E-state index in [1.54, 1.807) is 0 Å². The van der Waals surface area contributed by atoms with Crippen LogP contribution in [0.1, 0.15) is 29.0 Å². The third-order valence-corrected chi connectivity index (χ3v) is 9.70. The molecule has 186 valence electrons. The number of aryl methyl sites for hydroxylation is 1. The smallest absolute Gasteiger partial charge is 0.0620 e. The van der Waals surface area contributed by atoms with Crippen molar-refractivity contribution in [3.8, 4) is 33.4 Å². The van der Waals surface area contributed by atoms with E-state index in [0.717, 1.165) is 6.42 Å². The first-order valence-electron chi connectivity index (χ1n) is 14.4. The van der Waals surface area contributed by atoms with E-state index in [4.69, 9.17) is 0 Å². The number of hydrogen-bond acceptors (Lipinski definition) is 0. The summed E-state index contributed by atoms with van der Waals surface area (Å²) < 4.78 is 2.47. The second-order valence-corrected chi connectivity index (χ2v) is 11.6. The van der Waals surface area contributed by atoms with Crippen LogP contribution in [0.15, 0.2) is 121 Å². The Kier molecular flexibility index (Phi) is 3.89. The molecule has 2 aromatic heterocycles. The largest absolute Gasteiger partial charge is 0.308 e. The van der Waals surface area contributed by atoms with Gasteiger partial charge in [0.25, 0.3) is 0 Å². The fraction of sp³-hybridized carbons (Fsp3) is 0.0769. The second-order valence-electron chi connectivity index (χ2n) is 11.6. The number of hydrogen-bond donors (Lipinski definition) is 0. The Morgan fingerprint density at radius 2 is 1.07 bits per heavy atom. The summed E-state index contributed by atoms with van der Waals surface area (Å²) in [4.78, 5) is 0. The van der Waals surface area contributed by atoms with Crippen LogP contribution >= 0.6 is 0 Å². The molecule has 2 aliphatic carbocycles. The van der Waals surface area contributed by atoms with Gasteiger partial charge >= 0.3 is 0 Å². The molecule has 0 aliphatic heterocycles. The topological polar surface area (TPSA) is 4.41 Å². The average Bonchev–Trinajstić information content (AvgIpc) is 3.60. The van der Waals surface area contributed by atoms with Gasteiger partial charge in [0.2, 0.25) is 0 Å². The van der Waals surface area contributed by atoms with Crippen LogP contribution in [0, 0.1) is 0 Å². The predicted molar refractivity (Wildman–Crippen MR) is 168 cm³/mol. The molecule has 10 rings (SSSR count). The third-order valence-electron chi connectivity index (χ3n) is 9.70. The minimum atomic E-state index is 0.465. The monoisotopic (exact) mass is 507 g/mol. The molecule has 0 bridgehead atoms. The summed E-state index contributed by atoms with van der Waals surface area (Å²) in [6, 6.07) is 45.8. The van der Waals surface area contributed by atoms with E-state index < -0.39 is 0 Å². The van der Waals surface area contributed by atoms with Crippen LogP contribution in [-0.2, 0) is 6.42 Å². The van der Waals surface area contributed by atoms with Crippen LogP contribution in [0.5, 0.6) is 0 Å². The standard InChI is InChI=1S/C39H25N/c1-2-10-26-23(9-1)17-18-31-27-11-3-4-12-28(27)33-20-24(19-32(26)38(31)33)25-21-34-29-13-5-7-15-36(29)40-37-16-8-6-14-30(37)35(22-25)39(34)40/h1-16,19-22,31H,17-18H2. The molecule has 0 fully saturated rings. The first kappa shape index (κ1) is 21.0. The van der Waals surface area contributed by atoms with Gasteiger partial charge in [0.05, 0.1) is 16.6 Å². The Balaban J connectivity index is 1.34. The lowest BCUT2D eigenvalue weighted by atomic mass is 9.87. The molecule has 0 saturated carbocycles. The zero-order valence-electron chi connectivity index (χ0n) is 22.0. The predicted octanol–water partition coefficient (Wildman–Crippen LogP) is 10.2. The normalized spacial score (nSPS) is 15.6. The Labute approximate surface area is 232 Å². The maximum absolute atomic E-state index is 2.50. The van der Waals surface area contributed by atoms with Crippen LogP contribution in [0.3, 0.4) is 0 Å². The van der Waals surface area contributed by atoms with Crippen molar-refractivity contribution in [3.05, 3.63) is 138 Å². The molecule has 8 aromatic rings. The van der Waals surface area contributed by atoms with Crippen LogP contribution in [0.2, 0.25) is 0 Å². The Bertz CT molecular complexity index is 2250. The number of fused-ring (bicyclic) bond motifs is 11. The first-order chi connectivity index (χ1) is 19.8. The van der Waals surface area contributed by atoms with Gasteiger partial charge in [0.1, 0.15) is 0 Å². The molecule has 2 heterocycles. The molecule has 1 unspecified atom stereocenters. The van der Waals surface area contributed by atoms with Gasteiger partial charge in [-0.3, -0.25) is 0 Å². The Morgan fingerprint density at radius 1 is 0.500 bits per heavy atom. The molecule has 6 aromatic carbocycles. The number of rotatable bonds is 1. The maximum atomic E-state index is 2.50. The molecule has 40 heavy (non-hydrogen) atoms. The van der Waals surface area contributed by atoms with Crippen molar-refractivity contribution in [2.24, 2.45) is 0 Å². The van der Waals surface area contributed by atoms with Crippen molar-refractivity contribution >= 4 is 38.1 Å². The first-order valence-corrected chi connectivity index (χ1v) is 14.4. The molecule has 0 N–H and O–H groups in total. The fourth-order valence-corrected chi connectivity index (χ4v) is 8.06. The molecule has 0 spiro atoms. The summed E-state index contributed by atoms with van der Waals surface area (Å²) in [5.41, 5.74) is 16.7. The molecule has 1 heteroatoms. The van der Waals surface area contributed by atoms with Crippen molar-refractivity contribution < 1.29 is 0 Å². The van der Waals surface area contributed by atoms with Gasteiger partial charge in [-0.05, 0) is 99.3 Å². The van der Waals surface area contributed by atoms with Crippen molar-refractivity contribution in [1.82, 2.24) is 4.40 Å². The van der Waals surface area contributed by atoms with E-state index in [-0.39, 0.29) is 0 Å². The lowest BCUT2D eigenvalue weighted by Crippen LogP contribution is -1.97. The summed E-state index contributed by atoms with van der Waals surface area (Å²) in [6.45, 7) is 0. The summed E-state index contributed by atoms with van der Waals surface area (Å²) in [5.74, 6) is 0.465. The molecule has 0 radical (unpaired) electrons. The highest BCUT2D eigenvalue weighted by atomic mass is 14.9. The average molecular weight is 508 g/mol. The van der Waals surface area contributed by atoms with Gasteiger partial charge in [0, 0.05) is 27.5 Å². The number of aromatic nitrogens is 1. The highest BCUT2D eigenvalue weighted by Crippen LogP contribution is 2.54. The van der Waals surface area contributed by atoms with Gasteiger partial charge in [-0.2, -0.15) is 0 Å². The zero-order valence-corrected chi connectivity index (χ0v) is 22.0. The fourth-order valence-electron chi connectivity index (χ4n) is 8.06. The maximum Gasteiger partial charge on any atom is 0.0620 e. The van der Waals surface area contributed by atoms with Gasteiger partial charge < -0.3 is 4.40 Å². The lowest BCUT2D eigenvalue weighted by Gasteiger charge is -2.16. The SMILES string of the molecule is c1ccc2c(c1)CCC1c3ccccc3-c3cc(-c4cc5c6ccccc6n6c7ccccc7c(c4)c56)cc-2c31. The molecule has 0 saturated heterocycles.